The van der Waals surface area contributed by atoms with Gasteiger partial charge in [-0.2, -0.15) is 0 Å². The Morgan fingerprint density at radius 2 is 1.97 bits per heavy atom. The van der Waals surface area contributed by atoms with Crippen LogP contribution in [0.2, 0.25) is 0 Å². The highest BCUT2D eigenvalue weighted by Gasteiger charge is 2.18. The molecule has 0 bridgehead atoms. The fourth-order valence-corrected chi connectivity index (χ4v) is 3.49. The fraction of sp³-hybridized carbons (Fsp3) is 0.409. The molecule has 1 aromatic heterocycles. The highest BCUT2D eigenvalue weighted by atomic mass is 19.1. The summed E-state index contributed by atoms with van der Waals surface area (Å²) in [5.74, 6) is -0.658. The third-order valence-electron chi connectivity index (χ3n) is 5.02. The molecule has 1 aliphatic heterocycles. The second-order valence-electron chi connectivity index (χ2n) is 7.32. The molecule has 1 unspecified atom stereocenters. The number of unbranched alkanes of at least 4 members (excludes halogenated alkanes) is 1. The number of pyridine rings is 1. The summed E-state index contributed by atoms with van der Waals surface area (Å²) in [7, 11) is 0. The van der Waals surface area contributed by atoms with E-state index in [1.165, 1.54) is 29.8 Å². The first kappa shape index (κ1) is 20.8. The number of nitrogens with zero attached hydrogens (tertiary/aromatic N) is 1. The van der Waals surface area contributed by atoms with Gasteiger partial charge in [0.05, 0.1) is 12.5 Å². The van der Waals surface area contributed by atoms with E-state index in [0.717, 1.165) is 43.7 Å². The predicted octanol–water partition coefficient (Wildman–Crippen LogP) is 3.62. The molecular weight excluding hydrogens is 373 g/mol. The van der Waals surface area contributed by atoms with Crippen molar-refractivity contribution >= 4 is 17.7 Å². The van der Waals surface area contributed by atoms with Gasteiger partial charge in [0.15, 0.2) is 0 Å². The Hall–Kier alpha value is -2.96. The number of aryl methyl sites for hydroxylation is 2. The molecule has 2 aromatic rings. The largest absolute Gasteiger partial charge is 0.481 e. The normalized spacial score (nSPS) is 13.8. The molecule has 1 atom stereocenters. The summed E-state index contributed by atoms with van der Waals surface area (Å²) in [5.41, 5.74) is 2.84. The first-order valence-electron chi connectivity index (χ1n) is 10.0. The maximum absolute atomic E-state index is 13.1. The van der Waals surface area contributed by atoms with Gasteiger partial charge in [0.2, 0.25) is 5.91 Å². The number of aliphatic carboxylic acids is 1. The van der Waals surface area contributed by atoms with E-state index in [4.69, 9.17) is 5.11 Å². The van der Waals surface area contributed by atoms with Gasteiger partial charge in [-0.3, -0.25) is 9.59 Å². The molecule has 1 aromatic carbocycles. The van der Waals surface area contributed by atoms with Gasteiger partial charge in [0, 0.05) is 18.7 Å². The lowest BCUT2D eigenvalue weighted by atomic mass is 10.0. The Labute approximate surface area is 169 Å². The van der Waals surface area contributed by atoms with Crippen molar-refractivity contribution in [3.05, 3.63) is 59.0 Å². The molecule has 0 spiro atoms. The van der Waals surface area contributed by atoms with Crippen LogP contribution in [0.5, 0.6) is 0 Å². The molecule has 3 N–H and O–H groups in total. The Balaban J connectivity index is 1.46. The number of carbonyl (C=O) groups is 2. The zero-order valence-electron chi connectivity index (χ0n) is 16.3. The molecule has 6 nitrogen and oxygen atoms in total. The standard InChI is InChI=1S/C22H26FN3O3/c23-17-10-7-15(8-11-17)19(14-21(28)29)26-20(27)6-2-1-5-18-12-9-16-4-3-13-24-22(16)25-18/h7-12,19H,1-6,13-14H2,(H,24,25)(H,26,27)(H,28,29). The van der Waals surface area contributed by atoms with Crippen LogP contribution in [-0.4, -0.2) is 28.5 Å². The molecule has 0 saturated heterocycles. The molecule has 7 heteroatoms. The second-order valence-corrected chi connectivity index (χ2v) is 7.32. The van der Waals surface area contributed by atoms with Crippen LogP contribution in [0.15, 0.2) is 36.4 Å². The average Bonchev–Trinajstić information content (AvgIpc) is 2.71. The second kappa shape index (κ2) is 10.0. The van der Waals surface area contributed by atoms with Crippen molar-refractivity contribution in [2.24, 2.45) is 0 Å². The zero-order valence-corrected chi connectivity index (χ0v) is 16.3. The number of carboxylic acid groups (broad SMARTS) is 1. The van der Waals surface area contributed by atoms with Crippen molar-refractivity contribution in [3.63, 3.8) is 0 Å². The summed E-state index contributed by atoms with van der Waals surface area (Å²) in [6.45, 7) is 0.954. The summed E-state index contributed by atoms with van der Waals surface area (Å²) in [5, 5.41) is 15.2. The Morgan fingerprint density at radius 3 is 2.72 bits per heavy atom. The van der Waals surface area contributed by atoms with Gasteiger partial charge in [0.25, 0.3) is 0 Å². The van der Waals surface area contributed by atoms with Gasteiger partial charge in [-0.1, -0.05) is 18.2 Å². The number of benzene rings is 1. The SMILES string of the molecule is O=C(O)CC(NC(=O)CCCCc1ccc2c(n1)NCCC2)c1ccc(F)cc1. The van der Waals surface area contributed by atoms with Crippen molar-refractivity contribution < 1.29 is 19.1 Å². The number of carboxylic acids is 1. The van der Waals surface area contributed by atoms with Gasteiger partial charge in [0.1, 0.15) is 11.6 Å². The molecule has 0 aliphatic carbocycles. The van der Waals surface area contributed by atoms with E-state index in [1.807, 2.05) is 6.07 Å². The average molecular weight is 399 g/mol. The Morgan fingerprint density at radius 1 is 1.17 bits per heavy atom. The minimum Gasteiger partial charge on any atom is -0.481 e. The molecule has 0 fully saturated rings. The number of hydrogen-bond donors (Lipinski definition) is 3. The minimum atomic E-state index is -1.02. The van der Waals surface area contributed by atoms with Crippen molar-refractivity contribution in [1.82, 2.24) is 10.3 Å². The van der Waals surface area contributed by atoms with Crippen LogP contribution in [0.25, 0.3) is 0 Å². The lowest BCUT2D eigenvalue weighted by molar-refractivity contribution is -0.137. The van der Waals surface area contributed by atoms with E-state index in [0.29, 0.717) is 18.4 Å². The zero-order chi connectivity index (χ0) is 20.6. The number of fused-ring (bicyclic) bond motifs is 1. The summed E-state index contributed by atoms with van der Waals surface area (Å²) >= 11 is 0. The molecule has 29 heavy (non-hydrogen) atoms. The topological polar surface area (TPSA) is 91.3 Å². The number of carbonyl (C=O) groups excluding carboxylic acids is 1. The van der Waals surface area contributed by atoms with Gasteiger partial charge >= 0.3 is 5.97 Å². The summed E-state index contributed by atoms with van der Waals surface area (Å²) < 4.78 is 13.1. The Bertz CT molecular complexity index is 855. The Kier molecular flexibility index (Phi) is 7.16. The minimum absolute atomic E-state index is 0.208. The molecular formula is C22H26FN3O3. The van der Waals surface area contributed by atoms with Gasteiger partial charge in [-0.05, 0) is 61.4 Å². The van der Waals surface area contributed by atoms with Crippen LogP contribution in [0, 0.1) is 5.82 Å². The van der Waals surface area contributed by atoms with Crippen LogP contribution in [0.4, 0.5) is 10.2 Å². The molecule has 2 heterocycles. The number of anilines is 1. The van der Waals surface area contributed by atoms with Crippen molar-refractivity contribution in [3.8, 4) is 0 Å². The fourth-order valence-electron chi connectivity index (χ4n) is 3.49. The molecule has 3 rings (SSSR count). The van der Waals surface area contributed by atoms with Crippen LogP contribution in [0.1, 0.15) is 55.0 Å². The predicted molar refractivity (Wildman–Crippen MR) is 108 cm³/mol. The number of rotatable bonds is 9. The smallest absolute Gasteiger partial charge is 0.305 e. The first-order chi connectivity index (χ1) is 14.0. The number of halogens is 1. The van der Waals surface area contributed by atoms with Gasteiger partial charge in [-0.25, -0.2) is 9.37 Å². The molecule has 1 aliphatic rings. The van der Waals surface area contributed by atoms with Gasteiger partial charge < -0.3 is 15.7 Å². The van der Waals surface area contributed by atoms with E-state index < -0.39 is 17.8 Å². The van der Waals surface area contributed by atoms with E-state index in [2.05, 4.69) is 21.7 Å². The van der Waals surface area contributed by atoms with E-state index in [9.17, 15) is 14.0 Å². The van der Waals surface area contributed by atoms with Crippen molar-refractivity contribution in [2.75, 3.05) is 11.9 Å². The van der Waals surface area contributed by atoms with Crippen LogP contribution >= 0.6 is 0 Å². The van der Waals surface area contributed by atoms with Crippen molar-refractivity contribution in [2.45, 2.75) is 51.0 Å². The first-order valence-corrected chi connectivity index (χ1v) is 10.0. The summed E-state index contributed by atoms with van der Waals surface area (Å²) in [4.78, 5) is 28.0. The lowest BCUT2D eigenvalue weighted by Gasteiger charge is -2.18. The molecule has 0 saturated carbocycles. The summed E-state index contributed by atoms with van der Waals surface area (Å²) in [6.07, 6.45) is 4.54. The van der Waals surface area contributed by atoms with Crippen LogP contribution in [0.3, 0.4) is 0 Å². The third kappa shape index (κ3) is 6.27. The van der Waals surface area contributed by atoms with Gasteiger partial charge in [-0.15, -0.1) is 0 Å². The van der Waals surface area contributed by atoms with E-state index in [1.54, 1.807) is 0 Å². The molecule has 1 amide bonds. The van der Waals surface area contributed by atoms with Crippen LogP contribution < -0.4 is 10.6 Å². The molecule has 154 valence electrons. The number of hydrogen-bond acceptors (Lipinski definition) is 4. The number of aromatic nitrogens is 1. The quantitative estimate of drug-likeness (QED) is 0.560. The number of nitrogens with one attached hydrogen (secondary N) is 2. The highest BCUT2D eigenvalue weighted by Crippen LogP contribution is 2.21. The highest BCUT2D eigenvalue weighted by molar-refractivity contribution is 5.77. The van der Waals surface area contributed by atoms with E-state index in [-0.39, 0.29) is 12.3 Å². The summed E-state index contributed by atoms with van der Waals surface area (Å²) in [6, 6.07) is 9.01. The monoisotopic (exact) mass is 399 g/mol. The molecule has 0 radical (unpaired) electrons. The maximum Gasteiger partial charge on any atom is 0.305 e. The number of amides is 1. The third-order valence-corrected chi connectivity index (χ3v) is 5.02. The van der Waals surface area contributed by atoms with Crippen LogP contribution in [-0.2, 0) is 22.4 Å². The maximum atomic E-state index is 13.1. The lowest BCUT2D eigenvalue weighted by Crippen LogP contribution is -2.30. The van der Waals surface area contributed by atoms with Crippen molar-refractivity contribution in [1.29, 1.82) is 0 Å². The van der Waals surface area contributed by atoms with E-state index >= 15 is 0 Å².